The molecule has 0 aromatic carbocycles. The molecule has 0 spiro atoms. The molecule has 0 saturated heterocycles. The number of allylic oxidation sites excluding steroid dienone is 2. The van der Waals surface area contributed by atoms with Gasteiger partial charge < -0.3 is 0 Å². The molecule has 0 amide bonds. The van der Waals surface area contributed by atoms with E-state index in [0.29, 0.717) is 11.8 Å². The average Bonchev–Trinajstić information content (AvgIpc) is 2.35. The number of rotatable bonds is 3. The maximum absolute atomic E-state index is 12.7. The van der Waals surface area contributed by atoms with Gasteiger partial charge in [-0.2, -0.15) is 0 Å². The molecule has 118 valence electrons. The molecule has 0 heterocycles. The Labute approximate surface area is 133 Å². The number of thioether (sulfide) groups is 1. The molecule has 4 atom stereocenters. The average molecular weight is 308 g/mol. The number of fused-ring (bicyclic) bond motifs is 1. The van der Waals surface area contributed by atoms with Crippen molar-refractivity contribution < 1.29 is 9.59 Å². The first kappa shape index (κ1) is 16.8. The summed E-state index contributed by atoms with van der Waals surface area (Å²) in [5.74, 6) is 1.55. The highest BCUT2D eigenvalue weighted by Crippen LogP contribution is 2.43. The first-order valence-corrected chi connectivity index (χ1v) is 9.02. The summed E-state index contributed by atoms with van der Waals surface area (Å²) in [6, 6.07) is 0. The minimum atomic E-state index is -0.108. The maximum Gasteiger partial charge on any atom is 0.196 e. The van der Waals surface area contributed by atoms with Gasteiger partial charge in [-0.3, -0.25) is 9.59 Å². The molecule has 2 aliphatic carbocycles. The fraction of sp³-hybridized carbons (Fsp3) is 0.778. The van der Waals surface area contributed by atoms with E-state index in [1.54, 1.807) is 0 Å². The van der Waals surface area contributed by atoms with Crippen molar-refractivity contribution in [1.29, 1.82) is 0 Å². The van der Waals surface area contributed by atoms with Gasteiger partial charge in [0.2, 0.25) is 0 Å². The zero-order chi connectivity index (χ0) is 15.6. The molecule has 2 aliphatic rings. The van der Waals surface area contributed by atoms with E-state index < -0.39 is 0 Å². The van der Waals surface area contributed by atoms with E-state index in [1.807, 2.05) is 20.8 Å². The molecule has 1 fully saturated rings. The Morgan fingerprint density at radius 3 is 2.48 bits per heavy atom. The molecule has 0 aliphatic heterocycles. The number of ketones is 1. The van der Waals surface area contributed by atoms with Gasteiger partial charge in [-0.1, -0.05) is 64.5 Å². The lowest BCUT2D eigenvalue weighted by Crippen LogP contribution is -2.38. The van der Waals surface area contributed by atoms with Crippen LogP contribution in [0, 0.1) is 23.7 Å². The largest absolute Gasteiger partial charge is 0.299 e. The van der Waals surface area contributed by atoms with Crippen LogP contribution in [0.3, 0.4) is 0 Å². The molecular weight excluding hydrogens is 280 g/mol. The summed E-state index contributed by atoms with van der Waals surface area (Å²) in [5.41, 5.74) is 0. The van der Waals surface area contributed by atoms with Crippen molar-refractivity contribution in [2.75, 3.05) is 0 Å². The summed E-state index contributed by atoms with van der Waals surface area (Å²) in [6.07, 6.45) is 9.50. The lowest BCUT2D eigenvalue weighted by molar-refractivity contribution is -0.129. The molecule has 0 aromatic heterocycles. The van der Waals surface area contributed by atoms with E-state index in [2.05, 4.69) is 19.1 Å². The second-order valence-corrected chi connectivity index (χ2v) is 9.50. The molecule has 0 N–H and O–H groups in total. The Morgan fingerprint density at radius 1 is 1.14 bits per heavy atom. The lowest BCUT2D eigenvalue weighted by Gasteiger charge is -2.40. The molecule has 21 heavy (non-hydrogen) atoms. The monoisotopic (exact) mass is 308 g/mol. The van der Waals surface area contributed by atoms with Gasteiger partial charge in [0.05, 0.1) is 6.42 Å². The quantitative estimate of drug-likeness (QED) is 0.563. The SMILES string of the molecule is C[C@H]1C=C[C@H]2CCCC[C@@H]2[C@H]1C(=O)CC(=O)SC(C)(C)C. The van der Waals surface area contributed by atoms with Crippen LogP contribution < -0.4 is 0 Å². The summed E-state index contributed by atoms with van der Waals surface area (Å²) in [5, 5.41) is 0.0293. The summed E-state index contributed by atoms with van der Waals surface area (Å²) in [6.45, 7) is 8.18. The second-order valence-electron chi connectivity index (χ2n) is 7.61. The van der Waals surface area contributed by atoms with E-state index in [-0.39, 0.29) is 33.9 Å². The first-order valence-electron chi connectivity index (χ1n) is 8.21. The van der Waals surface area contributed by atoms with Crippen LogP contribution in [0.2, 0.25) is 0 Å². The van der Waals surface area contributed by atoms with Crippen molar-refractivity contribution in [3.8, 4) is 0 Å². The fourth-order valence-corrected chi connectivity index (χ4v) is 4.77. The van der Waals surface area contributed by atoms with Crippen molar-refractivity contribution in [2.24, 2.45) is 23.7 Å². The van der Waals surface area contributed by atoms with Crippen LogP contribution in [0.4, 0.5) is 0 Å². The van der Waals surface area contributed by atoms with Gasteiger partial charge in [0, 0.05) is 10.7 Å². The highest BCUT2D eigenvalue weighted by atomic mass is 32.2. The van der Waals surface area contributed by atoms with Gasteiger partial charge in [0.25, 0.3) is 0 Å². The zero-order valence-corrected chi connectivity index (χ0v) is 14.5. The van der Waals surface area contributed by atoms with Crippen molar-refractivity contribution in [2.45, 2.75) is 64.5 Å². The van der Waals surface area contributed by atoms with Gasteiger partial charge in [0.15, 0.2) is 5.12 Å². The molecule has 3 heteroatoms. The summed E-state index contributed by atoms with van der Waals surface area (Å²) in [4.78, 5) is 24.8. The first-order chi connectivity index (χ1) is 9.78. The predicted molar refractivity (Wildman–Crippen MR) is 89.2 cm³/mol. The standard InChI is InChI=1S/C18H28O2S/c1-12-9-10-13-7-5-6-8-14(13)17(12)15(19)11-16(20)21-18(2,3)4/h9-10,12-14,17H,5-8,11H2,1-4H3/t12-,13+,14-,17-/m0/s1. The van der Waals surface area contributed by atoms with Crippen molar-refractivity contribution in [3.63, 3.8) is 0 Å². The van der Waals surface area contributed by atoms with Crippen molar-refractivity contribution in [1.82, 2.24) is 0 Å². The van der Waals surface area contributed by atoms with Crippen LogP contribution in [0.5, 0.6) is 0 Å². The number of carbonyl (C=O) groups is 2. The van der Waals surface area contributed by atoms with Gasteiger partial charge in [-0.15, -0.1) is 0 Å². The minimum absolute atomic E-state index is 0.0293. The summed E-state index contributed by atoms with van der Waals surface area (Å²) >= 11 is 1.30. The summed E-state index contributed by atoms with van der Waals surface area (Å²) in [7, 11) is 0. The third kappa shape index (κ3) is 4.45. The van der Waals surface area contributed by atoms with Crippen molar-refractivity contribution in [3.05, 3.63) is 12.2 Å². The highest BCUT2D eigenvalue weighted by Gasteiger charge is 2.40. The molecule has 0 aromatic rings. The van der Waals surface area contributed by atoms with E-state index in [4.69, 9.17) is 0 Å². The highest BCUT2D eigenvalue weighted by molar-refractivity contribution is 8.14. The van der Waals surface area contributed by atoms with Crippen LogP contribution >= 0.6 is 11.8 Å². The van der Waals surface area contributed by atoms with E-state index in [0.717, 1.165) is 6.42 Å². The summed E-state index contributed by atoms with van der Waals surface area (Å²) < 4.78 is -0.108. The molecule has 0 bridgehead atoms. The van der Waals surface area contributed by atoms with E-state index in [1.165, 1.54) is 31.0 Å². The number of hydrogen-bond donors (Lipinski definition) is 0. The zero-order valence-electron chi connectivity index (χ0n) is 13.7. The Balaban J connectivity index is 2.03. The predicted octanol–water partition coefficient (Wildman–Crippen LogP) is 4.63. The third-order valence-electron chi connectivity index (χ3n) is 4.67. The van der Waals surface area contributed by atoms with Crippen LogP contribution in [-0.2, 0) is 9.59 Å². The molecule has 2 rings (SSSR count). The van der Waals surface area contributed by atoms with Crippen LogP contribution in [0.15, 0.2) is 12.2 Å². The van der Waals surface area contributed by atoms with Gasteiger partial charge in [-0.05, 0) is 30.6 Å². The Morgan fingerprint density at radius 2 is 1.81 bits per heavy atom. The fourth-order valence-electron chi connectivity index (χ4n) is 3.87. The molecule has 0 radical (unpaired) electrons. The Hall–Kier alpha value is -0.570. The Kier molecular flexibility index (Phi) is 5.34. The van der Waals surface area contributed by atoms with Crippen LogP contribution in [-0.4, -0.2) is 15.6 Å². The van der Waals surface area contributed by atoms with E-state index >= 15 is 0 Å². The number of Topliss-reactive ketones (excluding diaryl/α,β-unsaturated/α-hetero) is 1. The Bertz CT molecular complexity index is 433. The van der Waals surface area contributed by atoms with Gasteiger partial charge >= 0.3 is 0 Å². The smallest absolute Gasteiger partial charge is 0.196 e. The number of carbonyl (C=O) groups excluding carboxylic acids is 2. The van der Waals surface area contributed by atoms with Crippen LogP contribution in [0.25, 0.3) is 0 Å². The molecular formula is C18H28O2S. The molecule has 2 nitrogen and oxygen atoms in total. The topological polar surface area (TPSA) is 34.1 Å². The normalized spacial score (nSPS) is 32.6. The van der Waals surface area contributed by atoms with E-state index in [9.17, 15) is 9.59 Å². The van der Waals surface area contributed by atoms with Crippen molar-refractivity contribution >= 4 is 22.7 Å². The molecule has 0 unspecified atom stereocenters. The third-order valence-corrected chi connectivity index (χ3v) is 5.66. The minimum Gasteiger partial charge on any atom is -0.299 e. The van der Waals surface area contributed by atoms with Gasteiger partial charge in [0.1, 0.15) is 5.78 Å². The molecule has 1 saturated carbocycles. The van der Waals surface area contributed by atoms with Crippen LogP contribution in [0.1, 0.15) is 59.8 Å². The second kappa shape index (κ2) is 6.68. The maximum atomic E-state index is 12.7. The lowest BCUT2D eigenvalue weighted by atomic mass is 9.63. The number of hydrogen-bond acceptors (Lipinski definition) is 3. The van der Waals surface area contributed by atoms with Gasteiger partial charge in [-0.25, -0.2) is 0 Å².